The van der Waals surface area contributed by atoms with Crippen LogP contribution >= 0.6 is 0 Å². The molecular weight excluding hydrogens is 366 g/mol. The summed E-state index contributed by atoms with van der Waals surface area (Å²) in [5.41, 5.74) is 0.842. The first-order valence-corrected chi connectivity index (χ1v) is 11.3. The number of rotatable bonds is 15. The van der Waals surface area contributed by atoms with Crippen LogP contribution in [0.2, 0.25) is 0 Å². The van der Waals surface area contributed by atoms with E-state index in [-0.39, 0.29) is 30.9 Å². The van der Waals surface area contributed by atoms with Gasteiger partial charge in [-0.1, -0.05) is 83.3 Å². The molecule has 1 aliphatic rings. The molecule has 5 nitrogen and oxygen atoms in total. The maximum atomic E-state index is 12.2. The van der Waals surface area contributed by atoms with Crippen LogP contribution in [0.4, 0.5) is 0 Å². The number of ether oxygens (including phenoxy) is 1. The summed E-state index contributed by atoms with van der Waals surface area (Å²) < 4.78 is 5.21. The molecule has 0 spiro atoms. The molecule has 0 atom stereocenters. The third-order valence-corrected chi connectivity index (χ3v) is 5.44. The van der Waals surface area contributed by atoms with Gasteiger partial charge in [-0.05, 0) is 18.6 Å². The van der Waals surface area contributed by atoms with Gasteiger partial charge >= 0.3 is 5.97 Å². The molecule has 2 amide bonds. The SMILES string of the molecule is CCCCCCCCCCCCCC(=O)OCCN1C(=O)c2ccccc2C1=O. The maximum Gasteiger partial charge on any atom is 0.305 e. The van der Waals surface area contributed by atoms with Crippen LogP contribution in [-0.4, -0.2) is 35.8 Å². The lowest BCUT2D eigenvalue weighted by molar-refractivity contribution is -0.144. The van der Waals surface area contributed by atoms with Gasteiger partial charge in [-0.3, -0.25) is 19.3 Å². The topological polar surface area (TPSA) is 63.7 Å². The van der Waals surface area contributed by atoms with Crippen molar-refractivity contribution >= 4 is 17.8 Å². The fraction of sp³-hybridized carbons (Fsp3) is 0.625. The van der Waals surface area contributed by atoms with Crippen LogP contribution < -0.4 is 0 Å². The highest BCUT2D eigenvalue weighted by atomic mass is 16.5. The van der Waals surface area contributed by atoms with E-state index < -0.39 is 0 Å². The summed E-state index contributed by atoms with van der Waals surface area (Å²) in [5.74, 6) is -0.878. The van der Waals surface area contributed by atoms with Crippen LogP contribution in [0.1, 0.15) is 105 Å². The molecule has 1 aromatic rings. The Kier molecular flexibility index (Phi) is 10.5. The third kappa shape index (κ3) is 7.64. The minimum absolute atomic E-state index is 0.0579. The molecule has 160 valence electrons. The van der Waals surface area contributed by atoms with Crippen LogP contribution in [-0.2, 0) is 9.53 Å². The van der Waals surface area contributed by atoms with Crippen LogP contribution in [0.15, 0.2) is 24.3 Å². The van der Waals surface area contributed by atoms with Crippen molar-refractivity contribution in [3.8, 4) is 0 Å². The number of unbranched alkanes of at least 4 members (excludes halogenated alkanes) is 10. The second-order valence-electron chi connectivity index (χ2n) is 7.81. The first-order valence-electron chi connectivity index (χ1n) is 11.3. The van der Waals surface area contributed by atoms with E-state index in [1.807, 2.05) is 0 Å². The molecule has 0 bridgehead atoms. The van der Waals surface area contributed by atoms with Gasteiger partial charge < -0.3 is 4.74 Å². The van der Waals surface area contributed by atoms with Crippen molar-refractivity contribution in [3.63, 3.8) is 0 Å². The van der Waals surface area contributed by atoms with Gasteiger partial charge in [-0.15, -0.1) is 0 Å². The number of amides is 2. The van der Waals surface area contributed by atoms with Crippen LogP contribution in [0, 0.1) is 0 Å². The van der Waals surface area contributed by atoms with Gasteiger partial charge in [0, 0.05) is 6.42 Å². The first kappa shape index (κ1) is 23.1. The van der Waals surface area contributed by atoms with E-state index in [4.69, 9.17) is 4.74 Å². The number of hydrogen-bond donors (Lipinski definition) is 0. The summed E-state index contributed by atoms with van der Waals surface area (Å²) in [4.78, 5) is 37.5. The van der Waals surface area contributed by atoms with Gasteiger partial charge in [0.25, 0.3) is 11.8 Å². The lowest BCUT2D eigenvalue weighted by Gasteiger charge is -2.13. The Bertz CT molecular complexity index is 636. The predicted molar refractivity (Wildman–Crippen MR) is 114 cm³/mol. The fourth-order valence-corrected chi connectivity index (χ4v) is 3.70. The van der Waals surface area contributed by atoms with Crippen LogP contribution in [0.25, 0.3) is 0 Å². The molecule has 29 heavy (non-hydrogen) atoms. The molecule has 0 unspecified atom stereocenters. The lowest BCUT2D eigenvalue weighted by Crippen LogP contribution is -2.33. The number of esters is 1. The van der Waals surface area contributed by atoms with Gasteiger partial charge in [0.2, 0.25) is 0 Å². The highest BCUT2D eigenvalue weighted by molar-refractivity contribution is 6.21. The van der Waals surface area contributed by atoms with Crippen LogP contribution in [0.5, 0.6) is 0 Å². The molecule has 0 saturated carbocycles. The summed E-state index contributed by atoms with van der Waals surface area (Å²) in [5, 5.41) is 0. The minimum atomic E-state index is -0.313. The number of hydrogen-bond acceptors (Lipinski definition) is 4. The number of carbonyl (C=O) groups is 3. The number of benzene rings is 1. The highest BCUT2D eigenvalue weighted by Crippen LogP contribution is 2.22. The molecular formula is C24H35NO4. The molecule has 2 rings (SSSR count). The summed E-state index contributed by atoms with van der Waals surface area (Å²) in [6, 6.07) is 6.77. The van der Waals surface area contributed by atoms with E-state index in [1.54, 1.807) is 24.3 Å². The van der Waals surface area contributed by atoms with Crippen molar-refractivity contribution in [2.75, 3.05) is 13.2 Å². The summed E-state index contributed by atoms with van der Waals surface area (Å²) in [6.07, 6.45) is 14.0. The smallest absolute Gasteiger partial charge is 0.305 e. The largest absolute Gasteiger partial charge is 0.464 e. The van der Waals surface area contributed by atoms with E-state index in [2.05, 4.69) is 6.92 Å². The van der Waals surface area contributed by atoms with E-state index in [9.17, 15) is 14.4 Å². The molecule has 1 aromatic carbocycles. The number of carbonyl (C=O) groups excluding carboxylic acids is 3. The van der Waals surface area contributed by atoms with E-state index in [1.165, 1.54) is 51.4 Å². The average molecular weight is 402 g/mol. The fourth-order valence-electron chi connectivity index (χ4n) is 3.70. The molecule has 0 fully saturated rings. The first-order chi connectivity index (χ1) is 14.1. The molecule has 0 saturated heterocycles. The molecule has 0 N–H and O–H groups in total. The van der Waals surface area contributed by atoms with Gasteiger partial charge in [0.05, 0.1) is 17.7 Å². The third-order valence-electron chi connectivity index (χ3n) is 5.44. The Hall–Kier alpha value is -2.17. The van der Waals surface area contributed by atoms with Crippen molar-refractivity contribution in [2.45, 2.75) is 84.0 Å². The normalized spacial score (nSPS) is 13.1. The van der Waals surface area contributed by atoms with Crippen molar-refractivity contribution in [2.24, 2.45) is 0 Å². The summed E-state index contributed by atoms with van der Waals surface area (Å²) >= 11 is 0. The van der Waals surface area contributed by atoms with Crippen LogP contribution in [0.3, 0.4) is 0 Å². The van der Waals surface area contributed by atoms with Gasteiger partial charge in [-0.2, -0.15) is 0 Å². The van der Waals surface area contributed by atoms with Gasteiger partial charge in [0.15, 0.2) is 0 Å². The Morgan fingerprint density at radius 2 is 1.28 bits per heavy atom. The van der Waals surface area contributed by atoms with E-state index in [0.29, 0.717) is 17.5 Å². The Morgan fingerprint density at radius 3 is 1.79 bits per heavy atom. The number of imide groups is 1. The lowest BCUT2D eigenvalue weighted by atomic mass is 10.1. The predicted octanol–water partition coefficient (Wildman–Crippen LogP) is 5.53. The molecule has 1 heterocycles. The summed E-state index contributed by atoms with van der Waals surface area (Å²) in [7, 11) is 0. The second kappa shape index (κ2) is 13.1. The monoisotopic (exact) mass is 401 g/mol. The number of fused-ring (bicyclic) bond motifs is 1. The molecule has 1 aliphatic heterocycles. The summed E-state index contributed by atoms with van der Waals surface area (Å²) in [6.45, 7) is 2.41. The van der Waals surface area contributed by atoms with Gasteiger partial charge in [0.1, 0.15) is 6.61 Å². The Balaban J connectivity index is 1.47. The molecule has 5 heteroatoms. The molecule has 0 radical (unpaired) electrons. The zero-order chi connectivity index (χ0) is 20.9. The van der Waals surface area contributed by atoms with Crippen molar-refractivity contribution in [1.82, 2.24) is 4.90 Å². The quantitative estimate of drug-likeness (QED) is 0.220. The highest BCUT2D eigenvalue weighted by Gasteiger charge is 2.34. The van der Waals surface area contributed by atoms with Crippen molar-refractivity contribution in [3.05, 3.63) is 35.4 Å². The van der Waals surface area contributed by atoms with E-state index >= 15 is 0 Å². The zero-order valence-corrected chi connectivity index (χ0v) is 17.8. The van der Waals surface area contributed by atoms with Crippen molar-refractivity contribution < 1.29 is 19.1 Å². The van der Waals surface area contributed by atoms with Crippen molar-refractivity contribution in [1.29, 1.82) is 0 Å². The molecule has 0 aliphatic carbocycles. The number of nitrogens with zero attached hydrogens (tertiary/aromatic N) is 1. The average Bonchev–Trinajstić information content (AvgIpc) is 2.97. The maximum absolute atomic E-state index is 12.2. The van der Waals surface area contributed by atoms with E-state index in [0.717, 1.165) is 24.2 Å². The standard InChI is InChI=1S/C24H35NO4/c1-2-3-4-5-6-7-8-9-10-11-12-17-22(26)29-19-18-25-23(27)20-15-13-14-16-21(20)24(25)28/h13-16H,2-12,17-19H2,1H3. The second-order valence-corrected chi connectivity index (χ2v) is 7.81. The Labute approximate surface area is 174 Å². The zero-order valence-electron chi connectivity index (χ0n) is 17.8. The minimum Gasteiger partial charge on any atom is -0.464 e. The van der Waals surface area contributed by atoms with Gasteiger partial charge in [-0.25, -0.2) is 0 Å². The molecule has 0 aromatic heterocycles. The Morgan fingerprint density at radius 1 is 0.793 bits per heavy atom.